The van der Waals surface area contributed by atoms with Gasteiger partial charge in [-0.05, 0) is 0 Å². The average Bonchev–Trinajstić information content (AvgIpc) is 3.63. The maximum atomic E-state index is 6.49. The van der Waals surface area contributed by atoms with Crippen molar-refractivity contribution in [3.05, 3.63) is 96.6 Å². The maximum absolute atomic E-state index is 6.49. The molecule has 0 fully saturated rings. The van der Waals surface area contributed by atoms with Crippen LogP contribution < -0.4 is 0 Å². The predicted octanol–water partition coefficient (Wildman–Crippen LogP) is 6.82. The topological polar surface area (TPSA) is 52.6 Å². The van der Waals surface area contributed by atoms with Crippen LogP contribution in [0, 0.1) is 0 Å². The molecule has 0 saturated carbocycles. The molecule has 0 aliphatic rings. The van der Waals surface area contributed by atoms with Gasteiger partial charge in [0.1, 0.15) is 0 Å². The molecule has 0 amide bonds. The van der Waals surface area contributed by atoms with Gasteiger partial charge >= 0.3 is 212 Å². The van der Waals surface area contributed by atoms with E-state index in [2.05, 4.69) is 0 Å². The molecule has 4 rings (SSSR count). The first-order valence-electron chi connectivity index (χ1n) is 11.0. The Bertz CT molecular complexity index is 977. The van der Waals surface area contributed by atoms with Crippen LogP contribution >= 0.6 is 9.45 Å². The molecule has 9 heteroatoms. The SMILES string of the molecule is S=P(CCc1ccco1)(CCc1ccco1)[Se]P(=S)(CCc1ccco1)CCc1ccco1. The van der Waals surface area contributed by atoms with Crippen LogP contribution in [-0.4, -0.2) is 38.7 Å². The van der Waals surface area contributed by atoms with E-state index >= 15 is 0 Å². The molecule has 0 aliphatic heterocycles. The Balaban J connectivity index is 1.50. The van der Waals surface area contributed by atoms with Crippen molar-refractivity contribution in [2.45, 2.75) is 25.7 Å². The van der Waals surface area contributed by atoms with E-state index in [1.165, 1.54) is 0 Å². The van der Waals surface area contributed by atoms with Crippen LogP contribution in [0.1, 0.15) is 23.0 Å². The van der Waals surface area contributed by atoms with Crippen LogP contribution in [0.15, 0.2) is 91.3 Å². The van der Waals surface area contributed by atoms with Crippen molar-refractivity contribution >= 4 is 47.1 Å². The molecule has 0 atom stereocenters. The summed E-state index contributed by atoms with van der Waals surface area (Å²) in [5.41, 5.74) is 0. The van der Waals surface area contributed by atoms with Crippen LogP contribution in [0.2, 0.25) is 0 Å². The van der Waals surface area contributed by atoms with Crippen LogP contribution in [0.4, 0.5) is 0 Å². The van der Waals surface area contributed by atoms with Gasteiger partial charge in [-0.3, -0.25) is 0 Å². The summed E-state index contributed by atoms with van der Waals surface area (Å²) >= 11 is 13.2. The zero-order chi connectivity index (χ0) is 23.0. The molecule has 176 valence electrons. The van der Waals surface area contributed by atoms with Crippen molar-refractivity contribution in [2.75, 3.05) is 24.6 Å². The Labute approximate surface area is 210 Å². The van der Waals surface area contributed by atoms with Gasteiger partial charge in [0.15, 0.2) is 0 Å². The molecule has 0 unspecified atom stereocenters. The van der Waals surface area contributed by atoms with Crippen molar-refractivity contribution < 1.29 is 17.7 Å². The summed E-state index contributed by atoms with van der Waals surface area (Å²) in [6.07, 6.45) is 14.5. The fourth-order valence-electron chi connectivity index (χ4n) is 3.60. The second-order valence-electron chi connectivity index (χ2n) is 7.92. The van der Waals surface area contributed by atoms with Crippen LogP contribution in [0.5, 0.6) is 0 Å². The van der Waals surface area contributed by atoms with Crippen molar-refractivity contribution in [3.63, 3.8) is 0 Å². The summed E-state index contributed by atoms with van der Waals surface area (Å²) in [5, 5.41) is 0. The summed E-state index contributed by atoms with van der Waals surface area (Å²) in [6, 6.07) is 16.0. The Hall–Kier alpha value is -1.06. The number of furan rings is 4. The molecule has 4 nitrogen and oxygen atoms in total. The second kappa shape index (κ2) is 12.1. The summed E-state index contributed by atoms with van der Waals surface area (Å²) in [4.78, 5) is 0. The third kappa shape index (κ3) is 7.99. The Morgan fingerprint density at radius 2 is 0.788 bits per heavy atom. The van der Waals surface area contributed by atoms with E-state index in [0.29, 0.717) is 0 Å². The van der Waals surface area contributed by atoms with Gasteiger partial charge in [0.2, 0.25) is 0 Å². The first-order chi connectivity index (χ1) is 16.0. The number of aryl methyl sites for hydroxylation is 4. The van der Waals surface area contributed by atoms with Gasteiger partial charge in [0, 0.05) is 0 Å². The fraction of sp³-hybridized carbons (Fsp3) is 0.333. The first kappa shape index (κ1) is 25.0. The normalized spacial score (nSPS) is 12.4. The molecule has 4 aromatic rings. The summed E-state index contributed by atoms with van der Waals surface area (Å²) in [7, 11) is 0. The van der Waals surface area contributed by atoms with Gasteiger partial charge < -0.3 is 0 Å². The molecule has 0 radical (unpaired) electrons. The summed E-state index contributed by atoms with van der Waals surface area (Å²) < 4.78 is 19.1. The van der Waals surface area contributed by atoms with Gasteiger partial charge in [-0.1, -0.05) is 0 Å². The zero-order valence-corrected chi connectivity index (χ0v) is 23.5. The molecule has 0 aromatic carbocycles. The van der Waals surface area contributed by atoms with E-state index < -0.39 is 9.45 Å². The van der Waals surface area contributed by atoms with E-state index in [4.69, 9.17) is 41.3 Å². The van der Waals surface area contributed by atoms with Gasteiger partial charge in [-0.25, -0.2) is 0 Å². The standard InChI is InChI=1S/C24H28O4P2S2Se/c31-29(17-9-21-5-1-13-25-21,18-10-22-6-2-14-26-22)33-30(32,19-11-23-7-3-15-27-23)20-12-24-8-4-16-28-24/h1-8,13-16H,9-12,17-20H2. The minimum atomic E-state index is -1.68. The monoisotopic (exact) mass is 586 g/mol. The van der Waals surface area contributed by atoms with E-state index in [0.717, 1.165) is 73.4 Å². The van der Waals surface area contributed by atoms with Gasteiger partial charge in [-0.15, -0.1) is 0 Å². The van der Waals surface area contributed by atoms with Crippen LogP contribution in [0.25, 0.3) is 0 Å². The van der Waals surface area contributed by atoms with Crippen molar-refractivity contribution in [1.82, 2.24) is 0 Å². The number of hydrogen-bond acceptors (Lipinski definition) is 6. The van der Waals surface area contributed by atoms with Gasteiger partial charge in [-0.2, -0.15) is 0 Å². The van der Waals surface area contributed by atoms with Crippen molar-refractivity contribution in [3.8, 4) is 0 Å². The average molecular weight is 586 g/mol. The third-order valence-electron chi connectivity index (χ3n) is 5.41. The molecule has 0 aliphatic carbocycles. The van der Waals surface area contributed by atoms with E-state index in [-0.39, 0.29) is 14.1 Å². The zero-order valence-electron chi connectivity index (χ0n) is 18.3. The molecule has 0 spiro atoms. The summed E-state index contributed by atoms with van der Waals surface area (Å²) in [6.45, 7) is 0. The molecule has 0 bridgehead atoms. The quantitative estimate of drug-likeness (QED) is 0.120. The fourth-order valence-corrected chi connectivity index (χ4v) is 43.5. The third-order valence-corrected chi connectivity index (χ3v) is 35.7. The molecular weight excluding hydrogens is 557 g/mol. The van der Waals surface area contributed by atoms with E-state index in [1.807, 2.05) is 48.5 Å². The van der Waals surface area contributed by atoms with Crippen molar-refractivity contribution in [2.24, 2.45) is 0 Å². The minimum absolute atomic E-state index is 0.239. The van der Waals surface area contributed by atoms with Crippen LogP contribution in [0.3, 0.4) is 0 Å². The Morgan fingerprint density at radius 1 is 0.515 bits per heavy atom. The number of rotatable bonds is 14. The number of hydrogen-bond donors (Lipinski definition) is 0. The molecule has 4 aromatic heterocycles. The van der Waals surface area contributed by atoms with E-state index in [9.17, 15) is 0 Å². The summed E-state index contributed by atoms with van der Waals surface area (Å²) in [5.74, 6) is 4.05. The van der Waals surface area contributed by atoms with Crippen LogP contribution in [-0.2, 0) is 49.3 Å². The first-order valence-corrected chi connectivity index (χ1v) is 21.8. The van der Waals surface area contributed by atoms with Crippen molar-refractivity contribution in [1.29, 1.82) is 0 Å². The molecule has 4 heterocycles. The van der Waals surface area contributed by atoms with Gasteiger partial charge in [0.25, 0.3) is 0 Å². The molecule has 33 heavy (non-hydrogen) atoms. The molecule has 0 N–H and O–H groups in total. The van der Waals surface area contributed by atoms with E-state index in [1.54, 1.807) is 25.1 Å². The second-order valence-corrected chi connectivity index (χ2v) is 32.8. The van der Waals surface area contributed by atoms with Gasteiger partial charge in [0.05, 0.1) is 0 Å². The molecular formula is C24H28O4P2S2Se. The Morgan fingerprint density at radius 3 is 1.00 bits per heavy atom. The molecule has 0 saturated heterocycles. The predicted molar refractivity (Wildman–Crippen MR) is 143 cm³/mol. The Kier molecular flexibility index (Phi) is 9.16.